The van der Waals surface area contributed by atoms with Gasteiger partial charge in [-0.3, -0.25) is 4.68 Å². The fraction of sp³-hybridized carbons (Fsp3) is 0.278. The Morgan fingerprint density at radius 1 is 1.08 bits per heavy atom. The highest BCUT2D eigenvalue weighted by Crippen LogP contribution is 2.26. The SMILES string of the molecule is CC(C)(C)c1cn2nc(Nc3ccn(Cc4ccccc4)n3)sc2n1. The summed E-state index contributed by atoms with van der Waals surface area (Å²) in [5.41, 5.74) is 2.29. The molecule has 4 rings (SSSR count). The van der Waals surface area contributed by atoms with Gasteiger partial charge in [0.1, 0.15) is 0 Å². The predicted octanol–water partition coefficient (Wildman–Crippen LogP) is 4.08. The maximum Gasteiger partial charge on any atom is 0.214 e. The van der Waals surface area contributed by atoms with E-state index >= 15 is 0 Å². The Morgan fingerprint density at radius 2 is 1.88 bits per heavy atom. The van der Waals surface area contributed by atoms with Crippen LogP contribution in [0.1, 0.15) is 32.0 Å². The van der Waals surface area contributed by atoms with Crippen LogP contribution < -0.4 is 5.32 Å². The second-order valence-corrected chi connectivity index (χ2v) is 7.98. The number of nitrogens with one attached hydrogen (secondary N) is 1. The number of aromatic nitrogens is 5. The van der Waals surface area contributed by atoms with Crippen molar-refractivity contribution in [3.05, 3.63) is 60.0 Å². The first-order chi connectivity index (χ1) is 12.0. The van der Waals surface area contributed by atoms with E-state index < -0.39 is 0 Å². The number of fused-ring (bicyclic) bond motifs is 1. The summed E-state index contributed by atoms with van der Waals surface area (Å²) in [5.74, 6) is 0.781. The molecule has 0 unspecified atom stereocenters. The zero-order chi connectivity index (χ0) is 17.4. The van der Waals surface area contributed by atoms with Gasteiger partial charge in [0.25, 0.3) is 0 Å². The summed E-state index contributed by atoms with van der Waals surface area (Å²) in [7, 11) is 0. The van der Waals surface area contributed by atoms with Crippen molar-refractivity contribution in [3.8, 4) is 0 Å². The number of imidazole rings is 1. The molecule has 0 aliphatic rings. The van der Waals surface area contributed by atoms with Gasteiger partial charge in [0.2, 0.25) is 10.1 Å². The molecule has 0 spiro atoms. The van der Waals surface area contributed by atoms with E-state index in [0.29, 0.717) is 0 Å². The number of hydrogen-bond donors (Lipinski definition) is 1. The van der Waals surface area contributed by atoms with Crippen molar-refractivity contribution in [3.63, 3.8) is 0 Å². The van der Waals surface area contributed by atoms with Gasteiger partial charge >= 0.3 is 0 Å². The van der Waals surface area contributed by atoms with Gasteiger partial charge in [-0.25, -0.2) is 9.50 Å². The zero-order valence-corrected chi connectivity index (χ0v) is 15.3. The zero-order valence-electron chi connectivity index (χ0n) is 14.5. The molecule has 1 N–H and O–H groups in total. The lowest BCUT2D eigenvalue weighted by atomic mass is 9.93. The van der Waals surface area contributed by atoms with Gasteiger partial charge in [0, 0.05) is 17.7 Å². The molecule has 0 saturated carbocycles. The largest absolute Gasteiger partial charge is 0.313 e. The molecule has 3 aromatic heterocycles. The molecule has 0 aliphatic heterocycles. The summed E-state index contributed by atoms with van der Waals surface area (Å²) in [6.45, 7) is 7.20. The quantitative estimate of drug-likeness (QED) is 0.601. The van der Waals surface area contributed by atoms with E-state index in [1.807, 2.05) is 45.9 Å². The second kappa shape index (κ2) is 6.00. The number of benzene rings is 1. The molecule has 25 heavy (non-hydrogen) atoms. The monoisotopic (exact) mass is 352 g/mol. The molecule has 0 saturated heterocycles. The van der Waals surface area contributed by atoms with Crippen molar-refractivity contribution in [2.24, 2.45) is 0 Å². The molecular formula is C18H20N6S. The van der Waals surface area contributed by atoms with Crippen LogP contribution in [0.25, 0.3) is 4.96 Å². The van der Waals surface area contributed by atoms with Crippen LogP contribution in [-0.4, -0.2) is 24.4 Å². The Balaban J connectivity index is 1.49. The molecule has 0 bridgehead atoms. The summed E-state index contributed by atoms with van der Waals surface area (Å²) in [6, 6.07) is 12.2. The smallest absolute Gasteiger partial charge is 0.214 e. The van der Waals surface area contributed by atoms with E-state index in [1.165, 1.54) is 16.9 Å². The summed E-state index contributed by atoms with van der Waals surface area (Å²) < 4.78 is 3.74. The van der Waals surface area contributed by atoms with Crippen LogP contribution in [-0.2, 0) is 12.0 Å². The molecule has 1 aromatic carbocycles. The number of anilines is 2. The third-order valence-corrected chi connectivity index (χ3v) is 4.71. The minimum Gasteiger partial charge on any atom is -0.313 e. The van der Waals surface area contributed by atoms with Gasteiger partial charge in [0.15, 0.2) is 5.82 Å². The van der Waals surface area contributed by atoms with E-state index in [4.69, 9.17) is 0 Å². The highest BCUT2D eigenvalue weighted by molar-refractivity contribution is 7.20. The normalized spacial score (nSPS) is 12.0. The molecule has 4 aromatic rings. The first-order valence-electron chi connectivity index (χ1n) is 8.18. The van der Waals surface area contributed by atoms with E-state index in [1.54, 1.807) is 0 Å². The number of nitrogens with zero attached hydrogens (tertiary/aromatic N) is 5. The van der Waals surface area contributed by atoms with Crippen molar-refractivity contribution in [1.82, 2.24) is 24.4 Å². The lowest BCUT2D eigenvalue weighted by Crippen LogP contribution is -2.11. The highest BCUT2D eigenvalue weighted by atomic mass is 32.1. The van der Waals surface area contributed by atoms with Crippen LogP contribution in [0.4, 0.5) is 10.9 Å². The van der Waals surface area contributed by atoms with Gasteiger partial charge in [0.05, 0.1) is 18.4 Å². The Hall–Kier alpha value is -2.67. The first-order valence-corrected chi connectivity index (χ1v) is 9.00. The van der Waals surface area contributed by atoms with E-state index in [-0.39, 0.29) is 5.41 Å². The average Bonchev–Trinajstić information content (AvgIpc) is 3.23. The van der Waals surface area contributed by atoms with Crippen molar-refractivity contribution in [1.29, 1.82) is 0 Å². The topological polar surface area (TPSA) is 60.0 Å². The maximum atomic E-state index is 4.66. The lowest BCUT2D eigenvalue weighted by Gasteiger charge is -2.13. The third-order valence-electron chi connectivity index (χ3n) is 3.87. The van der Waals surface area contributed by atoms with Gasteiger partial charge in [-0.1, -0.05) is 62.4 Å². The maximum absolute atomic E-state index is 4.66. The second-order valence-electron chi connectivity index (χ2n) is 7.02. The highest BCUT2D eigenvalue weighted by Gasteiger charge is 2.19. The molecule has 6 nitrogen and oxygen atoms in total. The fourth-order valence-electron chi connectivity index (χ4n) is 2.51. The van der Waals surface area contributed by atoms with E-state index in [2.05, 4.69) is 53.4 Å². The molecule has 0 aliphatic carbocycles. The number of hydrogen-bond acceptors (Lipinski definition) is 5. The van der Waals surface area contributed by atoms with E-state index in [9.17, 15) is 0 Å². The minimum atomic E-state index is 0.0250. The Kier molecular flexibility index (Phi) is 3.80. The molecule has 128 valence electrons. The predicted molar refractivity (Wildman–Crippen MR) is 101 cm³/mol. The number of rotatable bonds is 4. The minimum absolute atomic E-state index is 0.0250. The van der Waals surface area contributed by atoms with Crippen LogP contribution in [0.5, 0.6) is 0 Å². The summed E-state index contributed by atoms with van der Waals surface area (Å²) in [6.07, 6.45) is 3.96. The Bertz CT molecular complexity index is 958. The summed E-state index contributed by atoms with van der Waals surface area (Å²) in [4.78, 5) is 5.55. The third kappa shape index (κ3) is 3.41. The van der Waals surface area contributed by atoms with Crippen LogP contribution in [0.2, 0.25) is 0 Å². The van der Waals surface area contributed by atoms with Gasteiger partial charge in [-0.15, -0.1) is 5.10 Å². The van der Waals surface area contributed by atoms with Crippen LogP contribution in [0, 0.1) is 0 Å². The van der Waals surface area contributed by atoms with Gasteiger partial charge in [-0.2, -0.15) is 5.10 Å². The molecule has 0 atom stereocenters. The first kappa shape index (κ1) is 15.8. The van der Waals surface area contributed by atoms with Crippen LogP contribution >= 0.6 is 11.3 Å². The molecule has 3 heterocycles. The Morgan fingerprint density at radius 3 is 2.60 bits per heavy atom. The van der Waals surface area contributed by atoms with Crippen LogP contribution in [0.3, 0.4) is 0 Å². The molecule has 0 amide bonds. The van der Waals surface area contributed by atoms with Crippen molar-refractivity contribution < 1.29 is 0 Å². The molecule has 0 fully saturated rings. The standard InChI is InChI=1S/C18H20N6S/c1-18(2,3)14-12-24-17(19-14)25-16(22-24)20-15-9-10-23(21-15)11-13-7-5-4-6-8-13/h4-10,12H,11H2,1-3H3,(H,20,21,22). The summed E-state index contributed by atoms with van der Waals surface area (Å²) in [5, 5.41) is 13.1. The van der Waals surface area contributed by atoms with Crippen LogP contribution in [0.15, 0.2) is 48.8 Å². The van der Waals surface area contributed by atoms with E-state index in [0.717, 1.165) is 28.1 Å². The van der Waals surface area contributed by atoms with Gasteiger partial charge in [-0.05, 0) is 5.56 Å². The molecule has 7 heteroatoms. The fourth-order valence-corrected chi connectivity index (χ4v) is 3.30. The van der Waals surface area contributed by atoms with Crippen molar-refractivity contribution >= 4 is 27.2 Å². The molecular weight excluding hydrogens is 332 g/mol. The summed E-state index contributed by atoms with van der Waals surface area (Å²) >= 11 is 1.52. The Labute approximate surface area is 150 Å². The van der Waals surface area contributed by atoms with Gasteiger partial charge < -0.3 is 5.32 Å². The van der Waals surface area contributed by atoms with Crippen molar-refractivity contribution in [2.45, 2.75) is 32.7 Å². The average molecular weight is 352 g/mol. The lowest BCUT2D eigenvalue weighted by molar-refractivity contribution is 0.572. The molecule has 0 radical (unpaired) electrons. The van der Waals surface area contributed by atoms with Crippen molar-refractivity contribution in [2.75, 3.05) is 5.32 Å².